The number of fused-ring (bicyclic) bond motifs is 9. The molecule has 0 aromatic heterocycles. The van der Waals surface area contributed by atoms with Crippen LogP contribution in [-0.4, -0.2) is 6.29 Å². The highest BCUT2D eigenvalue weighted by Gasteiger charge is 2.64. The highest BCUT2D eigenvalue weighted by Crippen LogP contribution is 2.69. The summed E-state index contributed by atoms with van der Waals surface area (Å²) < 4.78 is 0. The molecule has 4 bridgehead atoms. The minimum absolute atomic E-state index is 0.0319. The minimum atomic E-state index is 0.0319. The molecule has 0 radical (unpaired) electrons. The van der Waals surface area contributed by atoms with Gasteiger partial charge in [-0.05, 0) is 54.8 Å². The van der Waals surface area contributed by atoms with Crippen molar-refractivity contribution in [2.24, 2.45) is 40.9 Å². The molecule has 7 unspecified atom stereocenters. The molecule has 1 nitrogen and oxygen atoms in total. The topological polar surface area (TPSA) is 17.1 Å². The predicted octanol–water partition coefficient (Wildman–Crippen LogP) is 2.67. The Morgan fingerprint density at radius 2 is 1.93 bits per heavy atom. The molecule has 4 rings (SSSR count). The molecule has 3 fully saturated rings. The summed E-state index contributed by atoms with van der Waals surface area (Å²) in [5.41, 5.74) is 0.0319. The van der Waals surface area contributed by atoms with Gasteiger partial charge in [0.05, 0.1) is 0 Å². The zero-order valence-electron chi connectivity index (χ0n) is 9.23. The SMILES string of the molecule is CC1(C=O)CC2CC1C1C3C=CC(C3)C21. The maximum atomic E-state index is 11.3. The molecule has 1 heteroatoms. The average molecular weight is 202 g/mol. The van der Waals surface area contributed by atoms with Gasteiger partial charge in [0.25, 0.3) is 0 Å². The number of hydrogen-bond donors (Lipinski definition) is 0. The number of carbonyl (C=O) groups excluding carboxylic acids is 1. The fourth-order valence-electron chi connectivity index (χ4n) is 5.55. The van der Waals surface area contributed by atoms with Crippen LogP contribution in [0.15, 0.2) is 12.2 Å². The monoisotopic (exact) mass is 202 g/mol. The van der Waals surface area contributed by atoms with Gasteiger partial charge < -0.3 is 4.79 Å². The van der Waals surface area contributed by atoms with Crippen molar-refractivity contribution in [2.75, 3.05) is 0 Å². The van der Waals surface area contributed by atoms with E-state index in [0.29, 0.717) is 5.92 Å². The lowest BCUT2D eigenvalue weighted by Crippen LogP contribution is -2.38. The molecule has 3 saturated carbocycles. The number of hydrogen-bond acceptors (Lipinski definition) is 1. The van der Waals surface area contributed by atoms with Gasteiger partial charge in [-0.1, -0.05) is 19.1 Å². The Kier molecular flexibility index (Phi) is 1.36. The van der Waals surface area contributed by atoms with Crippen LogP contribution >= 0.6 is 0 Å². The van der Waals surface area contributed by atoms with Gasteiger partial charge in [-0.2, -0.15) is 0 Å². The Bertz CT molecular complexity index is 358. The van der Waals surface area contributed by atoms with Crippen molar-refractivity contribution in [2.45, 2.75) is 26.2 Å². The van der Waals surface area contributed by atoms with Gasteiger partial charge in [-0.15, -0.1) is 0 Å². The van der Waals surface area contributed by atoms with E-state index in [9.17, 15) is 4.79 Å². The number of allylic oxidation sites excluding steroid dienone is 2. The molecule has 0 aromatic carbocycles. The van der Waals surface area contributed by atoms with Crippen molar-refractivity contribution < 1.29 is 4.79 Å². The van der Waals surface area contributed by atoms with E-state index in [1.165, 1.54) is 25.5 Å². The molecule has 15 heavy (non-hydrogen) atoms. The highest BCUT2D eigenvalue weighted by atomic mass is 16.1. The molecule has 0 N–H and O–H groups in total. The van der Waals surface area contributed by atoms with Gasteiger partial charge in [0, 0.05) is 5.41 Å². The largest absolute Gasteiger partial charge is 0.303 e. The summed E-state index contributed by atoms with van der Waals surface area (Å²) in [5, 5.41) is 0. The molecule has 0 saturated heterocycles. The second kappa shape index (κ2) is 2.39. The Morgan fingerprint density at radius 1 is 1.20 bits per heavy atom. The summed E-state index contributed by atoms with van der Waals surface area (Å²) in [5.74, 6) is 5.12. The number of carbonyl (C=O) groups is 1. The summed E-state index contributed by atoms with van der Waals surface area (Å²) in [6.45, 7) is 2.20. The Balaban J connectivity index is 1.77. The van der Waals surface area contributed by atoms with Crippen LogP contribution in [0.5, 0.6) is 0 Å². The van der Waals surface area contributed by atoms with Gasteiger partial charge >= 0.3 is 0 Å². The fraction of sp³-hybridized carbons (Fsp3) is 0.786. The van der Waals surface area contributed by atoms with Crippen molar-refractivity contribution >= 4 is 6.29 Å². The van der Waals surface area contributed by atoms with Crippen LogP contribution in [0.4, 0.5) is 0 Å². The fourth-order valence-corrected chi connectivity index (χ4v) is 5.55. The third kappa shape index (κ3) is 0.811. The molecule has 7 atom stereocenters. The Labute approximate surface area is 90.9 Å². The number of rotatable bonds is 1. The lowest BCUT2D eigenvalue weighted by molar-refractivity contribution is -0.120. The molecule has 0 aromatic rings. The van der Waals surface area contributed by atoms with E-state index >= 15 is 0 Å². The van der Waals surface area contributed by atoms with Crippen LogP contribution in [0.2, 0.25) is 0 Å². The molecule has 0 aliphatic heterocycles. The van der Waals surface area contributed by atoms with Gasteiger partial charge in [-0.3, -0.25) is 0 Å². The second-order valence-corrected chi connectivity index (χ2v) is 6.53. The molecule has 0 spiro atoms. The van der Waals surface area contributed by atoms with Gasteiger partial charge in [0.1, 0.15) is 6.29 Å². The smallest absolute Gasteiger partial charge is 0.126 e. The minimum Gasteiger partial charge on any atom is -0.303 e. The van der Waals surface area contributed by atoms with Crippen LogP contribution in [0.3, 0.4) is 0 Å². The van der Waals surface area contributed by atoms with E-state index in [0.717, 1.165) is 29.6 Å². The Hall–Kier alpha value is -0.590. The summed E-state index contributed by atoms with van der Waals surface area (Å²) in [6.07, 6.45) is 10.1. The van der Waals surface area contributed by atoms with Crippen molar-refractivity contribution in [1.29, 1.82) is 0 Å². The van der Waals surface area contributed by atoms with E-state index in [1.54, 1.807) is 0 Å². The first-order valence-corrected chi connectivity index (χ1v) is 6.37. The van der Waals surface area contributed by atoms with E-state index in [1.807, 2.05) is 0 Å². The maximum Gasteiger partial charge on any atom is 0.126 e. The first kappa shape index (κ1) is 8.55. The molecule has 4 aliphatic rings. The summed E-state index contributed by atoms with van der Waals surface area (Å²) in [4.78, 5) is 11.3. The molecule has 4 aliphatic carbocycles. The van der Waals surface area contributed by atoms with Gasteiger partial charge in [-0.25, -0.2) is 0 Å². The third-order valence-electron chi connectivity index (χ3n) is 5.97. The van der Waals surface area contributed by atoms with E-state index in [2.05, 4.69) is 19.1 Å². The molecular formula is C14H18O. The van der Waals surface area contributed by atoms with Crippen molar-refractivity contribution in [3.05, 3.63) is 12.2 Å². The molecular weight excluding hydrogens is 184 g/mol. The van der Waals surface area contributed by atoms with Crippen LogP contribution in [0.1, 0.15) is 26.2 Å². The zero-order chi connectivity index (χ0) is 10.2. The first-order valence-electron chi connectivity index (χ1n) is 6.37. The second-order valence-electron chi connectivity index (χ2n) is 6.53. The van der Waals surface area contributed by atoms with Crippen LogP contribution in [0, 0.1) is 40.9 Å². The van der Waals surface area contributed by atoms with Gasteiger partial charge in [0.2, 0.25) is 0 Å². The van der Waals surface area contributed by atoms with Crippen LogP contribution < -0.4 is 0 Å². The average Bonchev–Trinajstić information content (AvgIpc) is 2.93. The first-order chi connectivity index (χ1) is 7.23. The van der Waals surface area contributed by atoms with Gasteiger partial charge in [0.15, 0.2) is 0 Å². The third-order valence-corrected chi connectivity index (χ3v) is 5.97. The normalized spacial score (nSPS) is 63.8. The Morgan fingerprint density at radius 3 is 2.67 bits per heavy atom. The van der Waals surface area contributed by atoms with Crippen molar-refractivity contribution in [3.8, 4) is 0 Å². The molecule has 0 amide bonds. The van der Waals surface area contributed by atoms with Crippen molar-refractivity contribution in [1.82, 2.24) is 0 Å². The predicted molar refractivity (Wildman–Crippen MR) is 58.1 cm³/mol. The van der Waals surface area contributed by atoms with E-state index in [4.69, 9.17) is 0 Å². The lowest BCUT2D eigenvalue weighted by Gasteiger charge is -2.40. The van der Waals surface area contributed by atoms with Crippen LogP contribution in [0.25, 0.3) is 0 Å². The summed E-state index contributed by atoms with van der Waals surface area (Å²) >= 11 is 0. The maximum absolute atomic E-state index is 11.3. The zero-order valence-corrected chi connectivity index (χ0v) is 9.23. The lowest BCUT2D eigenvalue weighted by atomic mass is 9.63. The number of aldehydes is 1. The highest BCUT2D eigenvalue weighted by molar-refractivity contribution is 5.61. The summed E-state index contributed by atoms with van der Waals surface area (Å²) in [6, 6.07) is 0. The van der Waals surface area contributed by atoms with E-state index in [-0.39, 0.29) is 5.41 Å². The quantitative estimate of drug-likeness (QED) is 0.363. The standard InChI is InChI=1S/C14H18O/c1-14(7-15)6-10-5-11(14)13-9-3-2-8(4-9)12(10)13/h2-3,7-13H,4-6H2,1H3. The summed E-state index contributed by atoms with van der Waals surface area (Å²) in [7, 11) is 0. The van der Waals surface area contributed by atoms with Crippen molar-refractivity contribution in [3.63, 3.8) is 0 Å². The molecule has 0 heterocycles. The van der Waals surface area contributed by atoms with Crippen LogP contribution in [-0.2, 0) is 4.79 Å². The molecule has 80 valence electrons. The van der Waals surface area contributed by atoms with E-state index < -0.39 is 0 Å².